The Hall–Kier alpha value is -1.84. The largest absolute Gasteiger partial charge is 0.349 e. The van der Waals surface area contributed by atoms with Crippen LogP contribution < -0.4 is 5.32 Å². The quantitative estimate of drug-likeness (QED) is 0.791. The van der Waals surface area contributed by atoms with Crippen LogP contribution in [-0.2, 0) is 14.8 Å². The summed E-state index contributed by atoms with van der Waals surface area (Å²) in [6.07, 6.45) is 1.16. The summed E-state index contributed by atoms with van der Waals surface area (Å²) in [5, 5.41) is 2.78. The molecule has 1 fully saturated rings. The van der Waals surface area contributed by atoms with Crippen molar-refractivity contribution in [3.63, 3.8) is 0 Å². The molecule has 0 radical (unpaired) electrons. The van der Waals surface area contributed by atoms with E-state index in [-0.39, 0.29) is 16.7 Å². The van der Waals surface area contributed by atoms with Gasteiger partial charge in [-0.25, -0.2) is 17.2 Å². The van der Waals surface area contributed by atoms with Crippen LogP contribution in [0.15, 0.2) is 34.5 Å². The first-order valence-corrected chi connectivity index (χ1v) is 11.3. The highest BCUT2D eigenvalue weighted by Gasteiger charge is 2.34. The molecule has 1 aromatic carbocycles. The van der Waals surface area contributed by atoms with E-state index in [2.05, 4.69) is 5.32 Å². The number of nitrogens with zero attached hydrogens (tertiary/aromatic N) is 1. The van der Waals surface area contributed by atoms with Crippen molar-refractivity contribution in [1.82, 2.24) is 9.62 Å². The summed E-state index contributed by atoms with van der Waals surface area (Å²) >= 11 is 1.21. The highest BCUT2D eigenvalue weighted by molar-refractivity contribution is 7.91. The standard InChI is InChI=1S/C19H22F2N2O3S2/c1-12-5-8-18(27-12)28(25,26)23-9-3-4-15(11-23)19(24)22-13(2)14-6-7-16(20)17(21)10-14/h5-8,10,13,15H,3-4,9,11H2,1-2H3,(H,22,24). The first-order valence-electron chi connectivity index (χ1n) is 9.00. The predicted octanol–water partition coefficient (Wildman–Crippen LogP) is 3.61. The molecule has 1 aliphatic heterocycles. The fraction of sp³-hybridized carbons (Fsp3) is 0.421. The van der Waals surface area contributed by atoms with Crippen LogP contribution in [0.25, 0.3) is 0 Å². The Balaban J connectivity index is 1.68. The summed E-state index contributed by atoms with van der Waals surface area (Å²) in [5.41, 5.74) is 0.446. The van der Waals surface area contributed by atoms with Gasteiger partial charge in [-0.15, -0.1) is 11.3 Å². The number of carbonyl (C=O) groups is 1. The van der Waals surface area contributed by atoms with Gasteiger partial charge in [0.2, 0.25) is 5.91 Å². The lowest BCUT2D eigenvalue weighted by Crippen LogP contribution is -2.45. The molecule has 0 aliphatic carbocycles. The summed E-state index contributed by atoms with van der Waals surface area (Å²) in [6, 6.07) is 6.32. The molecule has 1 aromatic heterocycles. The number of carbonyl (C=O) groups excluding carboxylic acids is 1. The number of thiophene rings is 1. The monoisotopic (exact) mass is 428 g/mol. The van der Waals surface area contributed by atoms with Gasteiger partial charge in [0.25, 0.3) is 10.0 Å². The van der Waals surface area contributed by atoms with Crippen LogP contribution in [0.4, 0.5) is 8.78 Å². The Kier molecular flexibility index (Phi) is 6.16. The summed E-state index contributed by atoms with van der Waals surface area (Å²) in [7, 11) is -3.62. The van der Waals surface area contributed by atoms with Crippen LogP contribution in [0, 0.1) is 24.5 Å². The second-order valence-corrected chi connectivity index (χ2v) is 10.4. The summed E-state index contributed by atoms with van der Waals surface area (Å²) in [5.74, 6) is -2.70. The van der Waals surface area contributed by atoms with Gasteiger partial charge < -0.3 is 5.32 Å². The molecule has 9 heteroatoms. The zero-order valence-electron chi connectivity index (χ0n) is 15.6. The Morgan fingerprint density at radius 2 is 2.00 bits per heavy atom. The van der Waals surface area contributed by atoms with Gasteiger partial charge in [0, 0.05) is 18.0 Å². The topological polar surface area (TPSA) is 66.5 Å². The molecule has 28 heavy (non-hydrogen) atoms. The number of benzene rings is 1. The number of rotatable bonds is 5. The van der Waals surface area contributed by atoms with Gasteiger partial charge in [-0.05, 0) is 56.5 Å². The van der Waals surface area contributed by atoms with Gasteiger partial charge in [-0.3, -0.25) is 4.79 Å². The molecule has 0 spiro atoms. The highest BCUT2D eigenvalue weighted by Crippen LogP contribution is 2.28. The van der Waals surface area contributed by atoms with Crippen molar-refractivity contribution >= 4 is 27.3 Å². The maximum atomic E-state index is 13.4. The van der Waals surface area contributed by atoms with E-state index >= 15 is 0 Å². The summed E-state index contributed by atoms with van der Waals surface area (Å²) < 4.78 is 53.8. The summed E-state index contributed by atoms with van der Waals surface area (Å²) in [4.78, 5) is 13.6. The highest BCUT2D eigenvalue weighted by atomic mass is 32.2. The molecule has 0 saturated carbocycles. The van der Waals surface area contributed by atoms with Crippen molar-refractivity contribution in [3.05, 3.63) is 52.4 Å². The molecule has 2 aromatic rings. The molecule has 1 N–H and O–H groups in total. The number of aryl methyl sites for hydroxylation is 1. The second kappa shape index (κ2) is 8.26. The maximum absolute atomic E-state index is 13.4. The van der Waals surface area contributed by atoms with E-state index in [1.54, 1.807) is 19.1 Å². The average molecular weight is 429 g/mol. The lowest BCUT2D eigenvalue weighted by molar-refractivity contribution is -0.126. The SMILES string of the molecule is Cc1ccc(S(=O)(=O)N2CCCC(C(=O)NC(C)c3ccc(F)c(F)c3)C2)s1. The lowest BCUT2D eigenvalue weighted by Gasteiger charge is -2.31. The molecular formula is C19H22F2N2O3S2. The van der Waals surface area contributed by atoms with Crippen molar-refractivity contribution < 1.29 is 22.0 Å². The van der Waals surface area contributed by atoms with Gasteiger partial charge in [-0.1, -0.05) is 6.07 Å². The van der Waals surface area contributed by atoms with Crippen LogP contribution in [-0.4, -0.2) is 31.7 Å². The number of amides is 1. The smallest absolute Gasteiger partial charge is 0.252 e. The number of halogens is 2. The molecule has 1 saturated heterocycles. The van der Waals surface area contributed by atoms with E-state index in [1.807, 2.05) is 6.92 Å². The van der Waals surface area contributed by atoms with Crippen LogP contribution >= 0.6 is 11.3 Å². The third kappa shape index (κ3) is 4.42. The normalized spacial score (nSPS) is 19.4. The zero-order valence-corrected chi connectivity index (χ0v) is 17.2. The Morgan fingerprint density at radius 3 is 2.64 bits per heavy atom. The predicted molar refractivity (Wildman–Crippen MR) is 103 cm³/mol. The minimum absolute atomic E-state index is 0.107. The fourth-order valence-corrected chi connectivity index (χ4v) is 6.21. The molecule has 2 unspecified atom stereocenters. The van der Waals surface area contributed by atoms with Crippen molar-refractivity contribution in [2.24, 2.45) is 5.92 Å². The van der Waals surface area contributed by atoms with Crippen LogP contribution in [0.2, 0.25) is 0 Å². The van der Waals surface area contributed by atoms with Crippen molar-refractivity contribution in [3.8, 4) is 0 Å². The van der Waals surface area contributed by atoms with Crippen LogP contribution in [0.5, 0.6) is 0 Å². The van der Waals surface area contributed by atoms with E-state index in [0.29, 0.717) is 24.9 Å². The van der Waals surface area contributed by atoms with E-state index in [9.17, 15) is 22.0 Å². The third-order valence-electron chi connectivity index (χ3n) is 4.87. The first-order chi connectivity index (χ1) is 13.2. The first kappa shape index (κ1) is 20.9. The maximum Gasteiger partial charge on any atom is 0.252 e. The molecule has 1 amide bonds. The number of sulfonamides is 1. The van der Waals surface area contributed by atoms with E-state index in [0.717, 1.165) is 17.0 Å². The molecule has 1 aliphatic rings. The Bertz CT molecular complexity index is 975. The number of hydrogen-bond donors (Lipinski definition) is 1. The van der Waals surface area contributed by atoms with Gasteiger partial charge in [0.15, 0.2) is 11.6 Å². The van der Waals surface area contributed by atoms with Crippen molar-refractivity contribution in [1.29, 1.82) is 0 Å². The van der Waals surface area contributed by atoms with E-state index < -0.39 is 33.6 Å². The van der Waals surface area contributed by atoms with Gasteiger partial charge in [-0.2, -0.15) is 4.31 Å². The second-order valence-electron chi connectivity index (χ2n) is 6.97. The third-order valence-corrected chi connectivity index (χ3v) is 8.20. The molecule has 5 nitrogen and oxygen atoms in total. The lowest BCUT2D eigenvalue weighted by atomic mass is 9.98. The minimum atomic E-state index is -3.62. The van der Waals surface area contributed by atoms with Crippen molar-refractivity contribution in [2.75, 3.05) is 13.1 Å². The van der Waals surface area contributed by atoms with Crippen LogP contribution in [0.3, 0.4) is 0 Å². The molecule has 0 bridgehead atoms. The number of piperidine rings is 1. The van der Waals surface area contributed by atoms with Crippen molar-refractivity contribution in [2.45, 2.75) is 36.9 Å². The molecule has 2 atom stereocenters. The number of hydrogen-bond acceptors (Lipinski definition) is 4. The summed E-state index contributed by atoms with van der Waals surface area (Å²) in [6.45, 7) is 4.00. The minimum Gasteiger partial charge on any atom is -0.349 e. The Labute approximate surface area is 167 Å². The molecule has 152 valence electrons. The van der Waals surface area contributed by atoms with E-state index in [1.165, 1.54) is 21.7 Å². The zero-order chi connectivity index (χ0) is 20.5. The average Bonchev–Trinajstić information content (AvgIpc) is 3.11. The molecule has 3 rings (SSSR count). The number of nitrogens with one attached hydrogen (secondary N) is 1. The van der Waals surface area contributed by atoms with Gasteiger partial charge in [0.05, 0.1) is 12.0 Å². The van der Waals surface area contributed by atoms with Gasteiger partial charge in [0.1, 0.15) is 4.21 Å². The van der Waals surface area contributed by atoms with E-state index in [4.69, 9.17) is 0 Å². The Morgan fingerprint density at radius 1 is 1.25 bits per heavy atom. The fourth-order valence-electron chi connectivity index (χ4n) is 3.25. The van der Waals surface area contributed by atoms with Crippen LogP contribution in [0.1, 0.15) is 36.2 Å². The molecule has 2 heterocycles. The van der Waals surface area contributed by atoms with Gasteiger partial charge >= 0.3 is 0 Å². The molecular weight excluding hydrogens is 406 g/mol.